The number of hydrogen-bond donors (Lipinski definition) is 2. The van der Waals surface area contributed by atoms with Crippen LogP contribution in [0.1, 0.15) is 24.0 Å². The van der Waals surface area contributed by atoms with Crippen LogP contribution in [0.2, 0.25) is 0 Å². The first kappa shape index (κ1) is 13.4. The van der Waals surface area contributed by atoms with Crippen molar-refractivity contribution in [2.75, 3.05) is 18.9 Å². The van der Waals surface area contributed by atoms with Gasteiger partial charge in [0.05, 0.1) is 0 Å². The molecule has 1 aliphatic heterocycles. The molecule has 0 saturated carbocycles. The average Bonchev–Trinajstić information content (AvgIpc) is 2.46. The molecule has 0 aliphatic carbocycles. The van der Waals surface area contributed by atoms with Crippen molar-refractivity contribution in [3.63, 3.8) is 0 Å². The summed E-state index contributed by atoms with van der Waals surface area (Å²) in [5.74, 6) is 6.81. The number of ether oxygens (including phenoxy) is 1. The number of carbonyl (C=O) groups is 1. The van der Waals surface area contributed by atoms with Gasteiger partial charge in [0.25, 0.3) is 0 Å². The largest absolute Gasteiger partial charge is 0.398 e. The molecule has 2 rings (SSSR count). The van der Waals surface area contributed by atoms with E-state index in [0.717, 1.165) is 37.2 Å². The SMILES string of the molecule is Nc1ccc(CNC=O)cc1C#CC1CCOCC1. The molecule has 0 atom stereocenters. The number of nitrogens with one attached hydrogen (secondary N) is 1. The number of hydrogen-bond acceptors (Lipinski definition) is 3. The van der Waals surface area contributed by atoms with Crippen LogP contribution in [0.15, 0.2) is 18.2 Å². The average molecular weight is 258 g/mol. The summed E-state index contributed by atoms with van der Waals surface area (Å²) in [6, 6.07) is 5.65. The molecule has 4 nitrogen and oxygen atoms in total. The van der Waals surface area contributed by atoms with E-state index in [-0.39, 0.29) is 0 Å². The Bertz CT molecular complexity index is 497. The van der Waals surface area contributed by atoms with Crippen LogP contribution in [0, 0.1) is 17.8 Å². The van der Waals surface area contributed by atoms with Crippen molar-refractivity contribution < 1.29 is 9.53 Å². The molecule has 19 heavy (non-hydrogen) atoms. The number of carbonyl (C=O) groups excluding carboxylic acids is 1. The van der Waals surface area contributed by atoms with Gasteiger partial charge in [-0.05, 0) is 30.5 Å². The Morgan fingerprint density at radius 2 is 2.21 bits per heavy atom. The predicted molar refractivity (Wildman–Crippen MR) is 74.2 cm³/mol. The molecule has 3 N–H and O–H groups in total. The lowest BCUT2D eigenvalue weighted by atomic mass is 10.00. The second-order valence-electron chi connectivity index (χ2n) is 4.58. The van der Waals surface area contributed by atoms with Crippen molar-refractivity contribution in [3.8, 4) is 11.8 Å². The molecule has 1 aromatic rings. The highest BCUT2D eigenvalue weighted by Gasteiger charge is 2.10. The van der Waals surface area contributed by atoms with Gasteiger partial charge in [0.2, 0.25) is 6.41 Å². The number of nitrogen functional groups attached to an aromatic ring is 1. The fraction of sp³-hybridized carbons (Fsp3) is 0.400. The maximum absolute atomic E-state index is 10.3. The molecule has 1 heterocycles. The van der Waals surface area contributed by atoms with Crippen molar-refractivity contribution >= 4 is 12.1 Å². The summed E-state index contributed by atoms with van der Waals surface area (Å²) in [6.45, 7) is 2.08. The first-order valence-electron chi connectivity index (χ1n) is 6.44. The number of amides is 1. The number of nitrogens with two attached hydrogens (primary N) is 1. The quantitative estimate of drug-likeness (QED) is 0.488. The Labute approximate surface area is 113 Å². The van der Waals surface area contributed by atoms with Crippen LogP contribution in [-0.2, 0) is 16.1 Å². The van der Waals surface area contributed by atoms with Gasteiger partial charge in [-0.2, -0.15) is 0 Å². The summed E-state index contributed by atoms with van der Waals surface area (Å²) in [7, 11) is 0. The van der Waals surface area contributed by atoms with Crippen LogP contribution in [0.3, 0.4) is 0 Å². The zero-order chi connectivity index (χ0) is 13.5. The van der Waals surface area contributed by atoms with E-state index >= 15 is 0 Å². The Morgan fingerprint density at radius 1 is 1.42 bits per heavy atom. The Balaban J connectivity index is 2.09. The molecule has 1 aromatic carbocycles. The first-order valence-corrected chi connectivity index (χ1v) is 6.44. The van der Waals surface area contributed by atoms with Gasteiger partial charge in [0.1, 0.15) is 0 Å². The van der Waals surface area contributed by atoms with E-state index in [2.05, 4.69) is 17.2 Å². The minimum atomic E-state index is 0.393. The smallest absolute Gasteiger partial charge is 0.207 e. The lowest BCUT2D eigenvalue weighted by Gasteiger charge is -2.16. The molecule has 1 saturated heterocycles. The Hall–Kier alpha value is -1.99. The van der Waals surface area contributed by atoms with Gasteiger partial charge in [0.15, 0.2) is 0 Å². The maximum Gasteiger partial charge on any atom is 0.207 e. The van der Waals surface area contributed by atoms with Gasteiger partial charge in [0, 0.05) is 36.9 Å². The van der Waals surface area contributed by atoms with Crippen LogP contribution in [0.5, 0.6) is 0 Å². The van der Waals surface area contributed by atoms with Gasteiger partial charge in [-0.1, -0.05) is 17.9 Å². The number of anilines is 1. The van der Waals surface area contributed by atoms with E-state index in [1.54, 1.807) is 0 Å². The van der Waals surface area contributed by atoms with Gasteiger partial charge in [-0.3, -0.25) is 4.79 Å². The van der Waals surface area contributed by atoms with Gasteiger partial charge < -0.3 is 15.8 Å². The van der Waals surface area contributed by atoms with Crippen molar-refractivity contribution in [1.82, 2.24) is 5.32 Å². The second kappa shape index (κ2) is 6.81. The molecular formula is C15H18N2O2. The second-order valence-corrected chi connectivity index (χ2v) is 4.58. The molecule has 100 valence electrons. The fourth-order valence-corrected chi connectivity index (χ4v) is 2.00. The maximum atomic E-state index is 10.3. The van der Waals surface area contributed by atoms with Gasteiger partial charge in [-0.15, -0.1) is 0 Å². The van der Waals surface area contributed by atoms with Crippen LogP contribution >= 0.6 is 0 Å². The highest BCUT2D eigenvalue weighted by Crippen LogP contribution is 2.16. The zero-order valence-corrected chi connectivity index (χ0v) is 10.8. The van der Waals surface area contributed by atoms with Crippen LogP contribution in [-0.4, -0.2) is 19.6 Å². The van der Waals surface area contributed by atoms with Crippen LogP contribution in [0.4, 0.5) is 5.69 Å². The molecule has 1 fully saturated rings. The monoisotopic (exact) mass is 258 g/mol. The normalized spacial score (nSPS) is 15.4. The predicted octanol–water partition coefficient (Wildman–Crippen LogP) is 1.29. The summed E-state index contributed by atoms with van der Waals surface area (Å²) >= 11 is 0. The molecule has 4 heteroatoms. The lowest BCUT2D eigenvalue weighted by molar-refractivity contribution is -0.109. The number of rotatable bonds is 3. The third-order valence-corrected chi connectivity index (χ3v) is 3.14. The van der Waals surface area contributed by atoms with Crippen LogP contribution in [0.25, 0.3) is 0 Å². The molecule has 0 unspecified atom stereocenters. The third-order valence-electron chi connectivity index (χ3n) is 3.14. The van der Waals surface area contributed by atoms with E-state index in [0.29, 0.717) is 24.6 Å². The molecule has 0 radical (unpaired) electrons. The van der Waals surface area contributed by atoms with Crippen molar-refractivity contribution in [2.24, 2.45) is 5.92 Å². The van der Waals surface area contributed by atoms with Crippen molar-refractivity contribution in [2.45, 2.75) is 19.4 Å². The van der Waals surface area contributed by atoms with Crippen molar-refractivity contribution in [3.05, 3.63) is 29.3 Å². The van der Waals surface area contributed by atoms with Gasteiger partial charge >= 0.3 is 0 Å². The molecular weight excluding hydrogens is 240 g/mol. The molecule has 1 aliphatic rings. The topological polar surface area (TPSA) is 64.3 Å². The van der Waals surface area contributed by atoms with E-state index in [9.17, 15) is 4.79 Å². The summed E-state index contributed by atoms with van der Waals surface area (Å²) in [4.78, 5) is 10.3. The minimum absolute atomic E-state index is 0.393. The fourth-order valence-electron chi connectivity index (χ4n) is 2.00. The van der Waals surface area contributed by atoms with E-state index in [4.69, 9.17) is 10.5 Å². The van der Waals surface area contributed by atoms with E-state index < -0.39 is 0 Å². The third kappa shape index (κ3) is 4.01. The lowest BCUT2D eigenvalue weighted by Crippen LogP contribution is -2.14. The summed E-state index contributed by atoms with van der Waals surface area (Å²) in [5.41, 5.74) is 8.42. The molecule has 0 bridgehead atoms. The Morgan fingerprint density at radius 3 is 2.95 bits per heavy atom. The standard InChI is InChI=1S/C15H18N2O2/c16-15-4-2-13(10-17-11-18)9-14(15)3-1-12-5-7-19-8-6-12/h2,4,9,11-12H,5-8,10,16H2,(H,17,18). The summed E-state index contributed by atoms with van der Waals surface area (Å²) < 4.78 is 5.31. The Kier molecular flexibility index (Phi) is 4.82. The summed E-state index contributed by atoms with van der Waals surface area (Å²) in [5, 5.41) is 2.63. The van der Waals surface area contributed by atoms with Crippen LogP contribution < -0.4 is 11.1 Å². The molecule has 1 amide bonds. The summed E-state index contributed by atoms with van der Waals surface area (Å²) in [6.07, 6.45) is 2.66. The molecule has 0 aromatic heterocycles. The zero-order valence-electron chi connectivity index (χ0n) is 10.8. The highest BCUT2D eigenvalue weighted by atomic mass is 16.5. The molecule has 0 spiro atoms. The van der Waals surface area contributed by atoms with Crippen molar-refractivity contribution in [1.29, 1.82) is 0 Å². The highest BCUT2D eigenvalue weighted by molar-refractivity contribution is 5.57. The first-order chi connectivity index (χ1) is 9.29. The minimum Gasteiger partial charge on any atom is -0.398 e. The number of benzene rings is 1. The van der Waals surface area contributed by atoms with E-state index in [1.807, 2.05) is 18.2 Å². The van der Waals surface area contributed by atoms with Gasteiger partial charge in [-0.25, -0.2) is 0 Å². The van der Waals surface area contributed by atoms with E-state index in [1.165, 1.54) is 0 Å².